The quantitative estimate of drug-likeness (QED) is 0.571. The third-order valence-electron chi connectivity index (χ3n) is 4.28. The molecule has 0 radical (unpaired) electrons. The fourth-order valence-corrected chi connectivity index (χ4v) is 3.29. The standard InChI is InChI=1S/C18H15F3N2O2S/c19-18(20,21)13-6-16(26-11-22)17(24)23(9-13)14-7-15(8-14)25-10-12-4-2-1-3-5-12/h1-6,9,14-15H,7-8,10H2. The molecule has 1 aromatic carbocycles. The second-order valence-electron chi connectivity index (χ2n) is 6.04. The summed E-state index contributed by atoms with van der Waals surface area (Å²) in [5.74, 6) is 0. The zero-order chi connectivity index (χ0) is 18.7. The highest BCUT2D eigenvalue weighted by Crippen LogP contribution is 2.37. The number of nitrogens with zero attached hydrogens (tertiary/aromatic N) is 2. The van der Waals surface area contributed by atoms with E-state index in [4.69, 9.17) is 10.00 Å². The number of alkyl halides is 3. The number of halogens is 3. The predicted molar refractivity (Wildman–Crippen MR) is 90.5 cm³/mol. The van der Waals surface area contributed by atoms with E-state index < -0.39 is 17.3 Å². The van der Waals surface area contributed by atoms with Gasteiger partial charge in [0.25, 0.3) is 5.56 Å². The van der Waals surface area contributed by atoms with E-state index in [1.165, 1.54) is 0 Å². The molecule has 0 bridgehead atoms. The van der Waals surface area contributed by atoms with Crippen LogP contribution in [0.1, 0.15) is 30.0 Å². The van der Waals surface area contributed by atoms with E-state index in [0.29, 0.717) is 31.2 Å². The number of benzene rings is 1. The highest BCUT2D eigenvalue weighted by Gasteiger charge is 2.36. The Morgan fingerprint density at radius 3 is 2.58 bits per heavy atom. The Bertz CT molecular complexity index is 869. The Hall–Kier alpha value is -2.24. The van der Waals surface area contributed by atoms with E-state index in [1.807, 2.05) is 30.3 Å². The smallest absolute Gasteiger partial charge is 0.373 e. The summed E-state index contributed by atoms with van der Waals surface area (Å²) in [5.41, 5.74) is -0.487. The fourth-order valence-electron chi connectivity index (χ4n) is 2.81. The molecule has 1 saturated carbocycles. The molecule has 3 rings (SSSR count). The van der Waals surface area contributed by atoms with E-state index in [2.05, 4.69) is 0 Å². The molecule has 2 aromatic rings. The van der Waals surface area contributed by atoms with Crippen molar-refractivity contribution in [2.45, 2.75) is 42.7 Å². The van der Waals surface area contributed by atoms with Crippen LogP contribution < -0.4 is 5.56 Å². The van der Waals surface area contributed by atoms with Gasteiger partial charge >= 0.3 is 6.18 Å². The van der Waals surface area contributed by atoms with Crippen molar-refractivity contribution in [2.75, 3.05) is 0 Å². The lowest BCUT2D eigenvalue weighted by atomic mass is 9.88. The van der Waals surface area contributed by atoms with Crippen LogP contribution in [0.2, 0.25) is 0 Å². The number of hydrogen-bond acceptors (Lipinski definition) is 4. The van der Waals surface area contributed by atoms with Gasteiger partial charge in [-0.1, -0.05) is 30.3 Å². The van der Waals surface area contributed by atoms with Crippen molar-refractivity contribution in [3.8, 4) is 5.40 Å². The summed E-state index contributed by atoms with van der Waals surface area (Å²) in [4.78, 5) is 12.1. The minimum atomic E-state index is -4.58. The summed E-state index contributed by atoms with van der Waals surface area (Å²) < 4.78 is 46.0. The lowest BCUT2D eigenvalue weighted by molar-refractivity contribution is -0.138. The van der Waals surface area contributed by atoms with Crippen molar-refractivity contribution < 1.29 is 17.9 Å². The molecule has 1 fully saturated rings. The second kappa shape index (κ2) is 7.56. The van der Waals surface area contributed by atoms with Crippen LogP contribution >= 0.6 is 11.8 Å². The Morgan fingerprint density at radius 2 is 1.96 bits per heavy atom. The van der Waals surface area contributed by atoms with Crippen molar-refractivity contribution in [3.05, 3.63) is 64.1 Å². The van der Waals surface area contributed by atoms with E-state index in [0.717, 1.165) is 22.4 Å². The molecule has 26 heavy (non-hydrogen) atoms. The molecule has 0 amide bonds. The lowest BCUT2D eigenvalue weighted by Crippen LogP contribution is -2.39. The van der Waals surface area contributed by atoms with Crippen LogP contribution in [-0.2, 0) is 17.5 Å². The summed E-state index contributed by atoms with van der Waals surface area (Å²) in [6.07, 6.45) is -2.92. The van der Waals surface area contributed by atoms with Crippen molar-refractivity contribution in [1.29, 1.82) is 5.26 Å². The predicted octanol–water partition coefficient (Wildman–Crippen LogP) is 4.36. The summed E-state index contributed by atoms with van der Waals surface area (Å²) in [6, 6.07) is 9.94. The molecule has 1 aliphatic carbocycles. The van der Waals surface area contributed by atoms with Crippen molar-refractivity contribution >= 4 is 11.8 Å². The van der Waals surface area contributed by atoms with Gasteiger partial charge < -0.3 is 9.30 Å². The number of thiocyanates is 1. The van der Waals surface area contributed by atoms with Gasteiger partial charge in [-0.3, -0.25) is 4.79 Å². The number of pyridine rings is 1. The van der Waals surface area contributed by atoms with E-state index >= 15 is 0 Å². The second-order valence-corrected chi connectivity index (χ2v) is 6.87. The maximum atomic E-state index is 13.1. The topological polar surface area (TPSA) is 55.0 Å². The molecule has 0 aliphatic heterocycles. The zero-order valence-corrected chi connectivity index (χ0v) is 14.4. The molecule has 1 heterocycles. The Labute approximate surface area is 152 Å². The highest BCUT2D eigenvalue weighted by atomic mass is 32.2. The Balaban J connectivity index is 1.71. The van der Waals surface area contributed by atoms with Gasteiger partial charge in [-0.15, -0.1) is 0 Å². The average Bonchev–Trinajstić information content (AvgIpc) is 2.56. The Kier molecular flexibility index (Phi) is 5.39. The van der Waals surface area contributed by atoms with E-state index in [1.54, 1.807) is 5.40 Å². The molecule has 136 valence electrons. The molecule has 0 saturated heterocycles. The van der Waals surface area contributed by atoms with Gasteiger partial charge in [0.2, 0.25) is 0 Å². The summed E-state index contributed by atoms with van der Waals surface area (Å²) in [7, 11) is 0. The van der Waals surface area contributed by atoms with Gasteiger partial charge in [-0.05, 0) is 36.2 Å². The first-order valence-corrected chi connectivity index (χ1v) is 8.75. The van der Waals surface area contributed by atoms with Crippen LogP contribution in [0, 0.1) is 10.7 Å². The molecule has 1 aliphatic rings. The number of nitriles is 1. The van der Waals surface area contributed by atoms with Crippen molar-refractivity contribution in [2.24, 2.45) is 0 Å². The molecule has 0 atom stereocenters. The Morgan fingerprint density at radius 1 is 1.27 bits per heavy atom. The summed E-state index contributed by atoms with van der Waals surface area (Å²) in [5, 5.41) is 10.4. The first kappa shape index (κ1) is 18.5. The molecular weight excluding hydrogens is 365 g/mol. The minimum Gasteiger partial charge on any atom is -0.373 e. The number of ether oxygens (including phenoxy) is 1. The number of aromatic nitrogens is 1. The maximum absolute atomic E-state index is 13.1. The SMILES string of the molecule is N#CSc1cc(C(F)(F)F)cn(C2CC(OCc3ccccc3)C2)c1=O. The van der Waals surface area contributed by atoms with E-state index in [9.17, 15) is 18.0 Å². The third-order valence-corrected chi connectivity index (χ3v) is 4.89. The van der Waals surface area contributed by atoms with Gasteiger partial charge in [0.05, 0.1) is 23.2 Å². The molecule has 1 aromatic heterocycles. The minimum absolute atomic E-state index is 0.103. The summed E-state index contributed by atoms with van der Waals surface area (Å²) in [6.45, 7) is 0.422. The zero-order valence-electron chi connectivity index (χ0n) is 13.6. The molecule has 8 heteroatoms. The van der Waals surface area contributed by atoms with Crippen LogP contribution in [0.15, 0.2) is 52.3 Å². The first-order valence-electron chi connectivity index (χ1n) is 7.93. The van der Waals surface area contributed by atoms with Gasteiger partial charge in [-0.2, -0.15) is 18.4 Å². The lowest BCUT2D eigenvalue weighted by Gasteiger charge is -2.36. The molecule has 0 spiro atoms. The number of thioether (sulfide) groups is 1. The first-order chi connectivity index (χ1) is 12.4. The van der Waals surface area contributed by atoms with Crippen LogP contribution in [-0.4, -0.2) is 10.7 Å². The van der Waals surface area contributed by atoms with E-state index in [-0.39, 0.29) is 17.0 Å². The highest BCUT2D eigenvalue weighted by molar-refractivity contribution is 8.03. The van der Waals surface area contributed by atoms with Crippen molar-refractivity contribution in [3.63, 3.8) is 0 Å². The fraction of sp³-hybridized carbons (Fsp3) is 0.333. The maximum Gasteiger partial charge on any atom is 0.417 e. The normalized spacial score (nSPS) is 19.6. The molecule has 4 nitrogen and oxygen atoms in total. The molecular formula is C18H15F3N2O2S. The largest absolute Gasteiger partial charge is 0.417 e. The number of hydrogen-bond donors (Lipinski definition) is 0. The number of rotatable bonds is 5. The molecule has 0 unspecified atom stereocenters. The van der Waals surface area contributed by atoms with Crippen LogP contribution in [0.5, 0.6) is 0 Å². The average molecular weight is 380 g/mol. The third kappa shape index (κ3) is 4.11. The molecule has 0 N–H and O–H groups in total. The van der Waals surface area contributed by atoms with Gasteiger partial charge in [0, 0.05) is 12.2 Å². The van der Waals surface area contributed by atoms with Gasteiger partial charge in [0.15, 0.2) is 0 Å². The summed E-state index contributed by atoms with van der Waals surface area (Å²) >= 11 is 0.448. The van der Waals surface area contributed by atoms with Gasteiger partial charge in [-0.25, -0.2) is 0 Å². The van der Waals surface area contributed by atoms with Gasteiger partial charge in [0.1, 0.15) is 5.40 Å². The monoisotopic (exact) mass is 380 g/mol. The van der Waals surface area contributed by atoms with Crippen molar-refractivity contribution in [1.82, 2.24) is 4.57 Å². The van der Waals surface area contributed by atoms with Crippen LogP contribution in [0.3, 0.4) is 0 Å². The van der Waals surface area contributed by atoms with Crippen LogP contribution in [0.25, 0.3) is 0 Å². The van der Waals surface area contributed by atoms with Crippen LogP contribution in [0.4, 0.5) is 13.2 Å².